The fourth-order valence-electron chi connectivity index (χ4n) is 3.78. The molecule has 4 N–H and O–H groups in total. The summed E-state index contributed by atoms with van der Waals surface area (Å²) in [5.41, 5.74) is 1.77. The number of benzene rings is 1. The van der Waals surface area contributed by atoms with Crippen molar-refractivity contribution in [1.29, 1.82) is 0 Å². The molecule has 30 heavy (non-hydrogen) atoms. The van der Waals surface area contributed by atoms with Crippen LogP contribution in [0.5, 0.6) is 0 Å². The molecular formula is C23H34N4O3. The predicted octanol–water partition coefficient (Wildman–Crippen LogP) is 3.62. The highest BCUT2D eigenvalue weighted by Gasteiger charge is 2.29. The van der Waals surface area contributed by atoms with Crippen LogP contribution in [0.3, 0.4) is 0 Å². The van der Waals surface area contributed by atoms with Crippen LogP contribution in [0.2, 0.25) is 0 Å². The Hall–Kier alpha value is -2.57. The van der Waals surface area contributed by atoms with Gasteiger partial charge in [0, 0.05) is 30.6 Å². The van der Waals surface area contributed by atoms with Gasteiger partial charge in [0.1, 0.15) is 0 Å². The van der Waals surface area contributed by atoms with Crippen molar-refractivity contribution >= 4 is 23.5 Å². The maximum atomic E-state index is 12.2. The molecule has 0 spiro atoms. The van der Waals surface area contributed by atoms with E-state index in [1.165, 1.54) is 19.3 Å². The van der Waals surface area contributed by atoms with Crippen LogP contribution in [0.15, 0.2) is 24.3 Å². The Morgan fingerprint density at radius 3 is 2.37 bits per heavy atom. The summed E-state index contributed by atoms with van der Waals surface area (Å²) >= 11 is 0. The van der Waals surface area contributed by atoms with Crippen LogP contribution in [0.25, 0.3) is 0 Å². The molecule has 164 valence electrons. The van der Waals surface area contributed by atoms with Crippen molar-refractivity contribution in [2.75, 3.05) is 11.9 Å². The van der Waals surface area contributed by atoms with E-state index in [9.17, 15) is 14.4 Å². The minimum Gasteiger partial charge on any atom is -0.350 e. The highest BCUT2D eigenvalue weighted by molar-refractivity contribution is 5.94. The molecule has 7 heteroatoms. The number of amides is 4. The fourth-order valence-corrected chi connectivity index (χ4v) is 3.78. The quantitative estimate of drug-likeness (QED) is 0.464. The van der Waals surface area contributed by atoms with Crippen LogP contribution in [-0.4, -0.2) is 30.4 Å². The summed E-state index contributed by atoms with van der Waals surface area (Å²) in [4.78, 5) is 35.9. The van der Waals surface area contributed by atoms with Crippen molar-refractivity contribution in [3.63, 3.8) is 0 Å². The second-order valence-electron chi connectivity index (χ2n) is 8.51. The maximum absolute atomic E-state index is 12.2. The number of anilines is 1. The lowest BCUT2D eigenvalue weighted by Gasteiger charge is -2.22. The Kier molecular flexibility index (Phi) is 8.11. The number of hydrogen-bond donors (Lipinski definition) is 4. The molecule has 3 rings (SSSR count). The first-order valence-electron chi connectivity index (χ1n) is 11.3. The molecule has 4 amide bonds. The number of urea groups is 1. The smallest absolute Gasteiger partial charge is 0.315 e. The van der Waals surface area contributed by atoms with Crippen LogP contribution >= 0.6 is 0 Å². The van der Waals surface area contributed by atoms with Crippen LogP contribution in [0.4, 0.5) is 10.5 Å². The van der Waals surface area contributed by atoms with Gasteiger partial charge in [-0.05, 0) is 56.7 Å². The summed E-state index contributed by atoms with van der Waals surface area (Å²) in [5, 5.41) is 11.7. The minimum atomic E-state index is -0.135. The van der Waals surface area contributed by atoms with Crippen molar-refractivity contribution in [2.45, 2.75) is 76.8 Å². The van der Waals surface area contributed by atoms with Crippen molar-refractivity contribution in [2.24, 2.45) is 5.92 Å². The molecule has 1 aromatic rings. The van der Waals surface area contributed by atoms with E-state index in [1.807, 2.05) is 31.2 Å². The average molecular weight is 415 g/mol. The third kappa shape index (κ3) is 7.35. The summed E-state index contributed by atoms with van der Waals surface area (Å²) in [7, 11) is 0. The normalized spacial score (nSPS) is 17.6. The van der Waals surface area contributed by atoms with Gasteiger partial charge in [0.05, 0.1) is 6.04 Å². The highest BCUT2D eigenvalue weighted by Crippen LogP contribution is 2.30. The van der Waals surface area contributed by atoms with E-state index in [-0.39, 0.29) is 35.8 Å². The zero-order valence-electron chi connectivity index (χ0n) is 17.8. The number of rotatable bonds is 9. The standard InChI is InChI=1S/C23H34N4O3/c1-16(17-11-13-20(14-12-17)26-22(29)18-9-10-18)25-21(28)8-5-15-24-23(30)27-19-6-3-2-4-7-19/h11-14,16,18-19H,2-10,15H2,1H3,(H,25,28)(H,26,29)(H2,24,27,30). The molecule has 1 atom stereocenters. The molecule has 2 aliphatic rings. The zero-order valence-corrected chi connectivity index (χ0v) is 17.8. The largest absolute Gasteiger partial charge is 0.350 e. The van der Waals surface area contributed by atoms with Gasteiger partial charge in [-0.15, -0.1) is 0 Å². The van der Waals surface area contributed by atoms with Crippen LogP contribution in [-0.2, 0) is 9.59 Å². The van der Waals surface area contributed by atoms with Crippen LogP contribution in [0.1, 0.15) is 76.3 Å². The molecule has 2 fully saturated rings. The second-order valence-corrected chi connectivity index (χ2v) is 8.51. The maximum Gasteiger partial charge on any atom is 0.315 e. The van der Waals surface area contributed by atoms with Crippen molar-refractivity contribution in [3.8, 4) is 0 Å². The summed E-state index contributed by atoms with van der Waals surface area (Å²) in [5.74, 6) is 0.226. The van der Waals surface area contributed by atoms with Gasteiger partial charge < -0.3 is 21.3 Å². The van der Waals surface area contributed by atoms with Crippen molar-refractivity contribution in [1.82, 2.24) is 16.0 Å². The van der Waals surface area contributed by atoms with Gasteiger partial charge >= 0.3 is 6.03 Å². The molecule has 0 aliphatic heterocycles. The van der Waals surface area contributed by atoms with E-state index < -0.39 is 0 Å². The topological polar surface area (TPSA) is 99.3 Å². The Morgan fingerprint density at radius 2 is 1.70 bits per heavy atom. The molecule has 0 bridgehead atoms. The van der Waals surface area contributed by atoms with Gasteiger partial charge in [-0.25, -0.2) is 4.79 Å². The molecule has 0 saturated heterocycles. The van der Waals surface area contributed by atoms with Crippen molar-refractivity contribution < 1.29 is 14.4 Å². The van der Waals surface area contributed by atoms with Crippen LogP contribution < -0.4 is 21.3 Å². The number of carbonyl (C=O) groups is 3. The molecule has 1 aromatic carbocycles. The third-order valence-electron chi connectivity index (χ3n) is 5.81. The molecular weight excluding hydrogens is 380 g/mol. The van der Waals surface area contributed by atoms with Gasteiger partial charge in [0.25, 0.3) is 0 Å². The Morgan fingerprint density at radius 1 is 1.00 bits per heavy atom. The van der Waals surface area contributed by atoms with Crippen LogP contribution in [0, 0.1) is 5.92 Å². The second kappa shape index (κ2) is 11.0. The predicted molar refractivity (Wildman–Crippen MR) is 117 cm³/mol. The first-order chi connectivity index (χ1) is 14.5. The Balaban J connectivity index is 1.30. The van der Waals surface area contributed by atoms with Gasteiger partial charge in [0.2, 0.25) is 11.8 Å². The monoisotopic (exact) mass is 414 g/mol. The zero-order chi connectivity index (χ0) is 21.3. The highest BCUT2D eigenvalue weighted by atomic mass is 16.2. The SMILES string of the molecule is CC(NC(=O)CCCNC(=O)NC1CCCCC1)c1ccc(NC(=O)C2CC2)cc1. The lowest BCUT2D eigenvalue weighted by atomic mass is 9.96. The van der Waals surface area contributed by atoms with Gasteiger partial charge in [-0.3, -0.25) is 9.59 Å². The van der Waals surface area contributed by atoms with E-state index in [1.54, 1.807) is 0 Å². The molecule has 2 saturated carbocycles. The number of carbonyl (C=O) groups excluding carboxylic acids is 3. The molecule has 0 aromatic heterocycles. The molecule has 0 radical (unpaired) electrons. The molecule has 1 unspecified atom stereocenters. The summed E-state index contributed by atoms with van der Waals surface area (Å²) in [6, 6.07) is 7.62. The average Bonchev–Trinajstić information content (AvgIpc) is 3.58. The van der Waals surface area contributed by atoms with E-state index in [0.717, 1.165) is 36.9 Å². The van der Waals surface area contributed by atoms with E-state index in [0.29, 0.717) is 19.4 Å². The first kappa shape index (κ1) is 22.1. The summed E-state index contributed by atoms with van der Waals surface area (Å²) < 4.78 is 0. The minimum absolute atomic E-state index is 0.0388. The fraction of sp³-hybridized carbons (Fsp3) is 0.609. The lowest BCUT2D eigenvalue weighted by molar-refractivity contribution is -0.121. The molecule has 0 heterocycles. The first-order valence-corrected chi connectivity index (χ1v) is 11.3. The lowest BCUT2D eigenvalue weighted by Crippen LogP contribution is -2.43. The van der Waals surface area contributed by atoms with Gasteiger partial charge in [-0.2, -0.15) is 0 Å². The Bertz CT molecular complexity index is 724. The van der Waals surface area contributed by atoms with Crippen molar-refractivity contribution in [3.05, 3.63) is 29.8 Å². The number of nitrogens with one attached hydrogen (secondary N) is 4. The Labute approximate surface area is 178 Å². The summed E-state index contributed by atoms with van der Waals surface area (Å²) in [6.45, 7) is 2.42. The molecule has 2 aliphatic carbocycles. The molecule has 7 nitrogen and oxygen atoms in total. The van der Waals surface area contributed by atoms with Gasteiger partial charge in [-0.1, -0.05) is 31.4 Å². The summed E-state index contributed by atoms with van der Waals surface area (Å²) in [6.07, 6.45) is 8.66. The van der Waals surface area contributed by atoms with E-state index in [2.05, 4.69) is 21.3 Å². The third-order valence-corrected chi connectivity index (χ3v) is 5.81. The van der Waals surface area contributed by atoms with Gasteiger partial charge in [0.15, 0.2) is 0 Å². The van der Waals surface area contributed by atoms with E-state index >= 15 is 0 Å². The van der Waals surface area contributed by atoms with E-state index in [4.69, 9.17) is 0 Å². The number of hydrogen-bond acceptors (Lipinski definition) is 3.